The van der Waals surface area contributed by atoms with Crippen molar-refractivity contribution >= 4 is 5.97 Å². The van der Waals surface area contributed by atoms with Gasteiger partial charge in [-0.15, -0.1) is 0 Å². The minimum atomic E-state index is -0.637. The lowest BCUT2D eigenvalue weighted by Gasteiger charge is -2.11. The molecule has 2 heteroatoms. The third-order valence-corrected chi connectivity index (χ3v) is 4.00. The van der Waals surface area contributed by atoms with Gasteiger partial charge in [-0.2, -0.15) is 0 Å². The highest BCUT2D eigenvalue weighted by Gasteiger charge is 2.69. The van der Waals surface area contributed by atoms with Crippen LogP contribution in [0.5, 0.6) is 0 Å². The summed E-state index contributed by atoms with van der Waals surface area (Å²) in [6, 6.07) is 8.22. The van der Waals surface area contributed by atoms with Crippen LogP contribution in [-0.2, 0) is 11.2 Å². The van der Waals surface area contributed by atoms with Gasteiger partial charge in [-0.25, -0.2) is 0 Å². The van der Waals surface area contributed by atoms with Crippen LogP contribution >= 0.6 is 0 Å². The zero-order chi connectivity index (χ0) is 9.92. The van der Waals surface area contributed by atoms with Crippen LogP contribution in [0.25, 0.3) is 0 Å². The van der Waals surface area contributed by atoms with Gasteiger partial charge in [0, 0.05) is 5.92 Å². The van der Waals surface area contributed by atoms with Gasteiger partial charge < -0.3 is 5.11 Å². The smallest absolute Gasteiger partial charge is 0.310 e. The average molecular weight is 188 g/mol. The van der Waals surface area contributed by atoms with Crippen LogP contribution in [0.1, 0.15) is 24.0 Å². The van der Waals surface area contributed by atoms with E-state index in [-0.39, 0.29) is 5.92 Å². The van der Waals surface area contributed by atoms with Crippen molar-refractivity contribution in [1.29, 1.82) is 0 Å². The van der Waals surface area contributed by atoms with Crippen LogP contribution in [0, 0.1) is 11.3 Å². The maximum atomic E-state index is 11.1. The van der Waals surface area contributed by atoms with Gasteiger partial charge in [0.25, 0.3) is 0 Å². The fourth-order valence-electron chi connectivity index (χ4n) is 3.02. The van der Waals surface area contributed by atoms with Crippen molar-refractivity contribution in [3.8, 4) is 0 Å². The van der Waals surface area contributed by atoms with Crippen molar-refractivity contribution in [3.05, 3.63) is 35.4 Å². The van der Waals surface area contributed by atoms with E-state index >= 15 is 0 Å². The summed E-state index contributed by atoms with van der Waals surface area (Å²) in [7, 11) is 0. The first kappa shape index (κ1) is 8.04. The number of aliphatic carboxylic acids is 1. The molecule has 3 rings (SSSR count). The zero-order valence-electron chi connectivity index (χ0n) is 8.03. The Morgan fingerprint density at radius 1 is 1.50 bits per heavy atom. The first-order chi connectivity index (χ1) is 6.65. The lowest BCUT2D eigenvalue weighted by molar-refractivity contribution is -0.143. The van der Waals surface area contributed by atoms with Crippen molar-refractivity contribution in [2.45, 2.75) is 19.3 Å². The van der Waals surface area contributed by atoms with Crippen molar-refractivity contribution in [3.63, 3.8) is 0 Å². The summed E-state index contributed by atoms with van der Waals surface area (Å²) in [4.78, 5) is 11.1. The Morgan fingerprint density at radius 2 is 2.21 bits per heavy atom. The van der Waals surface area contributed by atoms with Gasteiger partial charge in [-0.1, -0.05) is 24.3 Å². The number of carboxylic acids is 1. The van der Waals surface area contributed by atoms with E-state index in [0.717, 1.165) is 6.42 Å². The monoisotopic (exact) mass is 188 g/mol. The normalized spacial score (nSPS) is 37.5. The molecule has 0 saturated heterocycles. The maximum Gasteiger partial charge on any atom is 0.310 e. The highest BCUT2D eigenvalue weighted by atomic mass is 16.4. The lowest BCUT2D eigenvalue weighted by Crippen LogP contribution is -2.17. The van der Waals surface area contributed by atoms with E-state index in [1.165, 1.54) is 11.1 Å². The summed E-state index contributed by atoms with van der Waals surface area (Å²) in [5, 5.41) is 9.14. The van der Waals surface area contributed by atoms with Crippen LogP contribution in [-0.4, -0.2) is 11.1 Å². The minimum Gasteiger partial charge on any atom is -0.481 e. The molecule has 2 aliphatic carbocycles. The molecule has 1 aromatic rings. The molecule has 1 N–H and O–H groups in total. The summed E-state index contributed by atoms with van der Waals surface area (Å²) >= 11 is 0. The number of rotatable bonds is 1. The number of benzene rings is 1. The van der Waals surface area contributed by atoms with E-state index in [2.05, 4.69) is 12.1 Å². The summed E-state index contributed by atoms with van der Waals surface area (Å²) in [6.45, 7) is 1.88. The largest absolute Gasteiger partial charge is 0.481 e. The third-order valence-electron chi connectivity index (χ3n) is 4.00. The summed E-state index contributed by atoms with van der Waals surface area (Å²) in [6.07, 6.45) is 0.948. The molecule has 0 aliphatic heterocycles. The second-order valence-electron chi connectivity index (χ2n) is 4.57. The number of hydrogen-bond donors (Lipinski definition) is 1. The van der Waals surface area contributed by atoms with Crippen LogP contribution in [0.15, 0.2) is 24.3 Å². The molecular weight excluding hydrogens is 176 g/mol. The molecule has 1 fully saturated rings. The van der Waals surface area contributed by atoms with Gasteiger partial charge in [-0.3, -0.25) is 4.79 Å². The molecule has 14 heavy (non-hydrogen) atoms. The Kier molecular flexibility index (Phi) is 1.26. The van der Waals surface area contributed by atoms with Crippen molar-refractivity contribution in [1.82, 2.24) is 0 Å². The maximum absolute atomic E-state index is 11.1. The van der Waals surface area contributed by atoms with Gasteiger partial charge in [-0.05, 0) is 30.4 Å². The van der Waals surface area contributed by atoms with Gasteiger partial charge in [0.05, 0.1) is 5.41 Å². The van der Waals surface area contributed by atoms with Crippen molar-refractivity contribution in [2.75, 3.05) is 0 Å². The number of carboxylic acid groups (broad SMARTS) is 1. The first-order valence-corrected chi connectivity index (χ1v) is 4.97. The fourth-order valence-corrected chi connectivity index (χ4v) is 3.02. The third kappa shape index (κ3) is 0.707. The van der Waals surface area contributed by atoms with Crippen molar-refractivity contribution < 1.29 is 9.90 Å². The average Bonchev–Trinajstić information content (AvgIpc) is 2.58. The van der Waals surface area contributed by atoms with E-state index in [9.17, 15) is 4.79 Å². The molecule has 2 aliphatic rings. The molecule has 0 bridgehead atoms. The zero-order valence-corrected chi connectivity index (χ0v) is 8.03. The molecule has 0 unspecified atom stereocenters. The van der Waals surface area contributed by atoms with E-state index in [1.807, 2.05) is 19.1 Å². The molecule has 2 nitrogen and oxygen atoms in total. The van der Waals surface area contributed by atoms with Crippen LogP contribution in [0.2, 0.25) is 0 Å². The van der Waals surface area contributed by atoms with Gasteiger partial charge in [0.2, 0.25) is 0 Å². The highest BCUT2D eigenvalue weighted by molar-refractivity contribution is 5.82. The second kappa shape index (κ2) is 2.19. The lowest BCUT2D eigenvalue weighted by atomic mass is 9.93. The van der Waals surface area contributed by atoms with Crippen LogP contribution in [0.4, 0.5) is 0 Å². The molecule has 1 saturated carbocycles. The molecule has 0 radical (unpaired) electrons. The Labute approximate surface area is 82.6 Å². The summed E-state index contributed by atoms with van der Waals surface area (Å²) in [5.41, 5.74) is 2.14. The fraction of sp³-hybridized carbons (Fsp3) is 0.417. The van der Waals surface area contributed by atoms with Gasteiger partial charge in [0.1, 0.15) is 0 Å². The predicted octanol–water partition coefficient (Wildman–Crippen LogP) is 2.05. The predicted molar refractivity (Wildman–Crippen MR) is 52.1 cm³/mol. The summed E-state index contributed by atoms with van der Waals surface area (Å²) in [5.74, 6) is -0.0180. The standard InChI is InChI=1S/C12H12O2/c1-12(11(13)14)9-6-7-4-2-3-5-8(7)10(9)12/h2-5,9-10H,6H2,1H3,(H,13,14)/t9-,10+,12+/m0/s1. The minimum absolute atomic E-state index is 0.274. The van der Waals surface area contributed by atoms with Crippen molar-refractivity contribution in [2.24, 2.45) is 11.3 Å². The van der Waals surface area contributed by atoms with E-state index < -0.39 is 11.4 Å². The topological polar surface area (TPSA) is 37.3 Å². The highest BCUT2D eigenvalue weighted by Crippen LogP contribution is 2.70. The Bertz CT molecular complexity index is 424. The molecular formula is C12H12O2. The summed E-state index contributed by atoms with van der Waals surface area (Å²) < 4.78 is 0. The molecule has 0 heterocycles. The molecule has 1 aromatic carbocycles. The van der Waals surface area contributed by atoms with E-state index in [1.54, 1.807) is 0 Å². The van der Waals surface area contributed by atoms with Gasteiger partial charge in [0.15, 0.2) is 0 Å². The van der Waals surface area contributed by atoms with Crippen LogP contribution < -0.4 is 0 Å². The first-order valence-electron chi connectivity index (χ1n) is 4.97. The number of carbonyl (C=O) groups is 1. The molecule has 3 atom stereocenters. The molecule has 0 spiro atoms. The second-order valence-corrected chi connectivity index (χ2v) is 4.57. The number of hydrogen-bond acceptors (Lipinski definition) is 1. The van der Waals surface area contributed by atoms with Crippen LogP contribution in [0.3, 0.4) is 0 Å². The quantitative estimate of drug-likeness (QED) is 0.732. The van der Waals surface area contributed by atoms with E-state index in [0.29, 0.717) is 5.92 Å². The van der Waals surface area contributed by atoms with Gasteiger partial charge >= 0.3 is 5.97 Å². The van der Waals surface area contributed by atoms with E-state index in [4.69, 9.17) is 5.11 Å². The Balaban J connectivity index is 2.05. The molecule has 72 valence electrons. The molecule has 0 aromatic heterocycles. The SMILES string of the molecule is C[C@]1(C(=O)O)[C@@H]2c3ccccc3C[C@@H]21. The Hall–Kier alpha value is -1.31. The number of fused-ring (bicyclic) bond motifs is 3. The Morgan fingerprint density at radius 3 is 2.93 bits per heavy atom. The molecule has 0 amide bonds.